The van der Waals surface area contributed by atoms with Crippen molar-refractivity contribution < 1.29 is 20.1 Å². The van der Waals surface area contributed by atoms with Crippen molar-refractivity contribution in [1.29, 1.82) is 0 Å². The number of benzene rings is 2. The van der Waals surface area contributed by atoms with Crippen LogP contribution in [0.2, 0.25) is 0 Å². The van der Waals surface area contributed by atoms with Gasteiger partial charge in [-0.15, -0.1) is 71.8 Å². The minimum atomic E-state index is 0. The zero-order valence-electron chi connectivity index (χ0n) is 16.5. The van der Waals surface area contributed by atoms with E-state index < -0.39 is 0 Å². The molecule has 0 fully saturated rings. The summed E-state index contributed by atoms with van der Waals surface area (Å²) in [5.74, 6) is 0. The maximum atomic E-state index is 4.44. The van der Waals surface area contributed by atoms with E-state index in [4.69, 9.17) is 0 Å². The molecule has 5 rings (SSSR count). The van der Waals surface area contributed by atoms with Gasteiger partial charge in [-0.2, -0.15) is 0 Å². The molecule has 153 valence electrons. The van der Waals surface area contributed by atoms with Crippen molar-refractivity contribution in [3.8, 4) is 33.6 Å². The largest absolute Gasteiger partial charge is 0.305 e. The van der Waals surface area contributed by atoms with Crippen molar-refractivity contribution in [3.05, 3.63) is 122 Å². The number of nitrogens with zero attached hydrogens (tertiary/aromatic N) is 4. The number of rotatable bonds is 3. The SMILES string of the molecule is [Ir].[c-]1ccccc1-c1ccc(-c2cncnc2)cn1.[c-]1ccccc1-c1ccccn1. The van der Waals surface area contributed by atoms with Crippen molar-refractivity contribution in [2.45, 2.75) is 0 Å². The maximum Gasteiger partial charge on any atom is 0.115 e. The van der Waals surface area contributed by atoms with Crippen LogP contribution in [0.3, 0.4) is 0 Å². The van der Waals surface area contributed by atoms with Crippen LogP contribution in [0.1, 0.15) is 0 Å². The minimum absolute atomic E-state index is 0. The van der Waals surface area contributed by atoms with Crippen LogP contribution in [-0.4, -0.2) is 19.9 Å². The first-order valence-corrected chi connectivity index (χ1v) is 9.47. The van der Waals surface area contributed by atoms with Crippen molar-refractivity contribution in [2.75, 3.05) is 0 Å². The second kappa shape index (κ2) is 11.6. The Morgan fingerprint density at radius 3 is 1.71 bits per heavy atom. The summed E-state index contributed by atoms with van der Waals surface area (Å²) >= 11 is 0. The van der Waals surface area contributed by atoms with Gasteiger partial charge in [-0.05, 0) is 17.5 Å². The van der Waals surface area contributed by atoms with Gasteiger partial charge < -0.3 is 9.97 Å². The van der Waals surface area contributed by atoms with E-state index in [2.05, 4.69) is 32.1 Å². The van der Waals surface area contributed by atoms with E-state index in [9.17, 15) is 0 Å². The number of hydrogen-bond donors (Lipinski definition) is 0. The van der Waals surface area contributed by atoms with Gasteiger partial charge in [0.15, 0.2) is 0 Å². The summed E-state index contributed by atoms with van der Waals surface area (Å²) in [6, 6.07) is 31.8. The summed E-state index contributed by atoms with van der Waals surface area (Å²) < 4.78 is 0. The third kappa shape index (κ3) is 6.22. The Bertz CT molecular complexity index is 1060. The Hall–Kier alpha value is -3.53. The molecule has 0 unspecified atom stereocenters. The molecule has 0 amide bonds. The standard InChI is InChI=1S/C15H10N3.C11H8N.Ir/c1-2-4-12(5-3-1)15-7-6-13(10-18-15)14-8-16-11-17-9-14;1-2-6-10(7-3-1)11-8-4-5-9-12-11;/h1-4,6-11H;1-6,8-9H;/q2*-1;. The van der Waals surface area contributed by atoms with E-state index in [1.807, 2.05) is 85.1 Å². The van der Waals surface area contributed by atoms with Gasteiger partial charge in [0.1, 0.15) is 6.33 Å². The first kappa shape index (κ1) is 22.2. The van der Waals surface area contributed by atoms with Crippen LogP contribution in [0.25, 0.3) is 33.6 Å². The van der Waals surface area contributed by atoms with Crippen molar-refractivity contribution in [3.63, 3.8) is 0 Å². The molecular weight excluding hydrogens is 561 g/mol. The zero-order valence-corrected chi connectivity index (χ0v) is 18.9. The molecule has 5 aromatic rings. The Labute approximate surface area is 195 Å². The first-order valence-electron chi connectivity index (χ1n) is 9.47. The van der Waals surface area contributed by atoms with Gasteiger partial charge in [-0.3, -0.25) is 0 Å². The average Bonchev–Trinajstić information content (AvgIpc) is 2.87. The van der Waals surface area contributed by atoms with Crippen LogP contribution in [0.15, 0.2) is 110 Å². The maximum absolute atomic E-state index is 4.44. The van der Waals surface area contributed by atoms with Crippen LogP contribution >= 0.6 is 0 Å². The monoisotopic (exact) mass is 579 g/mol. The molecule has 0 aliphatic carbocycles. The van der Waals surface area contributed by atoms with E-state index in [1.165, 1.54) is 6.33 Å². The summed E-state index contributed by atoms with van der Waals surface area (Å²) in [5.41, 5.74) is 5.89. The Morgan fingerprint density at radius 1 is 0.548 bits per heavy atom. The van der Waals surface area contributed by atoms with Crippen molar-refractivity contribution in [2.24, 2.45) is 0 Å². The minimum Gasteiger partial charge on any atom is -0.305 e. The Balaban J connectivity index is 0.000000183. The molecule has 3 aromatic heterocycles. The van der Waals surface area contributed by atoms with E-state index in [-0.39, 0.29) is 20.1 Å². The fourth-order valence-corrected chi connectivity index (χ4v) is 2.80. The van der Waals surface area contributed by atoms with Crippen LogP contribution < -0.4 is 0 Å². The number of pyridine rings is 2. The van der Waals surface area contributed by atoms with Gasteiger partial charge in [-0.1, -0.05) is 24.3 Å². The molecule has 0 N–H and O–H groups in total. The summed E-state index contributed by atoms with van der Waals surface area (Å²) in [5, 5.41) is 0. The van der Waals surface area contributed by atoms with Gasteiger partial charge in [0.25, 0.3) is 0 Å². The van der Waals surface area contributed by atoms with Gasteiger partial charge in [0.2, 0.25) is 0 Å². The third-order valence-electron chi connectivity index (χ3n) is 4.29. The normalized spacial score (nSPS) is 9.68. The second-order valence-corrected chi connectivity index (χ2v) is 6.33. The molecule has 31 heavy (non-hydrogen) atoms. The second-order valence-electron chi connectivity index (χ2n) is 6.33. The van der Waals surface area contributed by atoms with E-state index >= 15 is 0 Å². The Kier molecular flexibility index (Phi) is 8.29. The molecule has 0 saturated carbocycles. The van der Waals surface area contributed by atoms with Crippen LogP contribution in [0, 0.1) is 12.1 Å². The zero-order chi connectivity index (χ0) is 20.4. The number of hydrogen-bond acceptors (Lipinski definition) is 4. The smallest absolute Gasteiger partial charge is 0.115 e. The van der Waals surface area contributed by atoms with E-state index in [0.717, 1.165) is 33.6 Å². The first-order chi connectivity index (χ1) is 14.9. The predicted molar refractivity (Wildman–Crippen MR) is 118 cm³/mol. The van der Waals surface area contributed by atoms with E-state index in [0.29, 0.717) is 0 Å². The fourth-order valence-electron chi connectivity index (χ4n) is 2.80. The van der Waals surface area contributed by atoms with Gasteiger partial charge >= 0.3 is 0 Å². The topological polar surface area (TPSA) is 51.6 Å². The van der Waals surface area contributed by atoms with E-state index in [1.54, 1.807) is 18.6 Å². The third-order valence-corrected chi connectivity index (χ3v) is 4.29. The predicted octanol–water partition coefficient (Wildman–Crippen LogP) is 5.55. The molecular formula is C26H18IrN4-2. The molecule has 1 radical (unpaired) electrons. The molecule has 0 saturated heterocycles. The molecule has 0 atom stereocenters. The van der Waals surface area contributed by atoms with Gasteiger partial charge in [0, 0.05) is 56.0 Å². The summed E-state index contributed by atoms with van der Waals surface area (Å²) in [4.78, 5) is 16.6. The summed E-state index contributed by atoms with van der Waals surface area (Å²) in [6.45, 7) is 0. The molecule has 0 spiro atoms. The molecule has 5 heteroatoms. The average molecular weight is 579 g/mol. The molecule has 0 bridgehead atoms. The van der Waals surface area contributed by atoms with Crippen LogP contribution in [-0.2, 0) is 20.1 Å². The van der Waals surface area contributed by atoms with Crippen molar-refractivity contribution >= 4 is 0 Å². The van der Waals surface area contributed by atoms with Gasteiger partial charge in [-0.25, -0.2) is 9.97 Å². The summed E-state index contributed by atoms with van der Waals surface area (Å²) in [6.07, 6.45) is 8.69. The molecule has 0 aliphatic heterocycles. The molecule has 2 aromatic carbocycles. The molecule has 0 aliphatic rings. The fraction of sp³-hybridized carbons (Fsp3) is 0. The molecule has 3 heterocycles. The quantitative estimate of drug-likeness (QED) is 0.264. The Morgan fingerprint density at radius 2 is 1.19 bits per heavy atom. The summed E-state index contributed by atoms with van der Waals surface area (Å²) in [7, 11) is 0. The van der Waals surface area contributed by atoms with Crippen LogP contribution in [0.4, 0.5) is 0 Å². The van der Waals surface area contributed by atoms with Gasteiger partial charge in [0.05, 0.1) is 0 Å². The molecule has 4 nitrogen and oxygen atoms in total. The van der Waals surface area contributed by atoms with Crippen LogP contribution in [0.5, 0.6) is 0 Å². The van der Waals surface area contributed by atoms with Crippen molar-refractivity contribution in [1.82, 2.24) is 19.9 Å². The number of aromatic nitrogens is 4.